The van der Waals surface area contributed by atoms with Gasteiger partial charge in [-0.15, -0.1) is 0 Å². The number of ether oxygens (including phenoxy) is 2. The van der Waals surface area contributed by atoms with Crippen LogP contribution in [0.3, 0.4) is 0 Å². The van der Waals surface area contributed by atoms with E-state index in [1.165, 1.54) is 10.8 Å². The molecule has 7 rings (SSSR count). The molecule has 0 N–H and O–H groups in total. The van der Waals surface area contributed by atoms with Crippen LogP contribution in [0.5, 0.6) is 23.0 Å². The van der Waals surface area contributed by atoms with E-state index in [1.54, 1.807) is 0 Å². The van der Waals surface area contributed by atoms with Crippen LogP contribution in [0.2, 0.25) is 0 Å². The average molecular weight is 489 g/mol. The normalized spacial score (nSPS) is 11.2. The quantitative estimate of drug-likeness (QED) is 0.240. The van der Waals surface area contributed by atoms with Gasteiger partial charge in [0, 0.05) is 16.8 Å². The van der Waals surface area contributed by atoms with Crippen LogP contribution in [0, 0.1) is 0 Å². The zero-order valence-corrected chi connectivity index (χ0v) is 20.7. The molecule has 0 spiro atoms. The van der Waals surface area contributed by atoms with Crippen molar-refractivity contribution in [2.45, 2.75) is 0 Å². The second-order valence-electron chi connectivity index (χ2n) is 9.38. The Hall–Kier alpha value is -5.08. The molecule has 0 aliphatic carbocycles. The minimum atomic E-state index is 0.724. The van der Waals surface area contributed by atoms with E-state index in [4.69, 9.17) is 9.47 Å². The number of fused-ring (bicyclic) bond motifs is 3. The van der Waals surface area contributed by atoms with Gasteiger partial charge in [-0.3, -0.25) is 0 Å². The summed E-state index contributed by atoms with van der Waals surface area (Å²) in [5.41, 5.74) is 2.17. The molecule has 0 atom stereocenters. The van der Waals surface area contributed by atoms with Crippen molar-refractivity contribution in [1.82, 2.24) is 0 Å². The van der Waals surface area contributed by atoms with E-state index in [0.717, 1.165) is 55.7 Å². The molecule has 2 nitrogen and oxygen atoms in total. The van der Waals surface area contributed by atoms with Crippen LogP contribution < -0.4 is 9.47 Å². The Labute approximate surface area is 221 Å². The molecule has 0 aromatic heterocycles. The predicted octanol–water partition coefficient (Wildman–Crippen LogP) is 10.4. The number of benzene rings is 7. The van der Waals surface area contributed by atoms with Crippen molar-refractivity contribution in [3.8, 4) is 34.1 Å². The number of hydrogen-bond acceptors (Lipinski definition) is 2. The lowest BCUT2D eigenvalue weighted by Crippen LogP contribution is -1.91. The summed E-state index contributed by atoms with van der Waals surface area (Å²) >= 11 is 0. The Morgan fingerprint density at radius 3 is 1.32 bits per heavy atom. The summed E-state index contributed by atoms with van der Waals surface area (Å²) in [6.07, 6.45) is 0. The summed E-state index contributed by atoms with van der Waals surface area (Å²) in [5.74, 6) is 3.08. The fourth-order valence-electron chi connectivity index (χ4n) is 5.15. The van der Waals surface area contributed by atoms with Crippen molar-refractivity contribution < 1.29 is 9.47 Å². The van der Waals surface area contributed by atoms with E-state index in [-0.39, 0.29) is 0 Å². The first-order valence-electron chi connectivity index (χ1n) is 12.8. The molecular weight excluding hydrogens is 464 g/mol. The first-order chi connectivity index (χ1) is 18.8. The Morgan fingerprint density at radius 2 is 0.763 bits per heavy atom. The highest BCUT2D eigenvalue weighted by molar-refractivity contribution is 5.97. The maximum atomic E-state index is 6.55. The van der Waals surface area contributed by atoms with Crippen molar-refractivity contribution in [1.29, 1.82) is 0 Å². The van der Waals surface area contributed by atoms with Crippen molar-refractivity contribution in [2.24, 2.45) is 0 Å². The molecule has 7 aromatic rings. The SMILES string of the molecule is c1ccc2c(Oc3cc(Oc4cccc5ccccc45)cc(-c4cccc5ccccc45)c3)cccc2c1. The minimum Gasteiger partial charge on any atom is -0.457 e. The van der Waals surface area contributed by atoms with Crippen LogP contribution in [0.25, 0.3) is 43.4 Å². The van der Waals surface area contributed by atoms with Crippen LogP contribution in [-0.4, -0.2) is 0 Å². The van der Waals surface area contributed by atoms with Crippen molar-refractivity contribution in [3.05, 3.63) is 146 Å². The van der Waals surface area contributed by atoms with E-state index in [1.807, 2.05) is 54.6 Å². The Bertz CT molecular complexity index is 1820. The largest absolute Gasteiger partial charge is 0.457 e. The Kier molecular flexibility index (Phi) is 5.49. The lowest BCUT2D eigenvalue weighted by molar-refractivity contribution is 0.466. The lowest BCUT2D eigenvalue weighted by Gasteiger charge is -2.15. The Morgan fingerprint density at radius 1 is 0.342 bits per heavy atom. The summed E-state index contributed by atoms with van der Waals surface area (Å²) in [4.78, 5) is 0. The molecule has 0 heterocycles. The van der Waals surface area contributed by atoms with Gasteiger partial charge in [0.05, 0.1) is 0 Å². The molecule has 0 saturated heterocycles. The van der Waals surface area contributed by atoms with Gasteiger partial charge in [-0.05, 0) is 56.9 Å². The van der Waals surface area contributed by atoms with Crippen molar-refractivity contribution >= 4 is 32.3 Å². The highest BCUT2D eigenvalue weighted by Crippen LogP contribution is 2.39. The van der Waals surface area contributed by atoms with Crippen molar-refractivity contribution in [3.63, 3.8) is 0 Å². The summed E-state index contributed by atoms with van der Waals surface area (Å²) in [6.45, 7) is 0. The molecule has 0 bridgehead atoms. The maximum absolute atomic E-state index is 6.55. The van der Waals surface area contributed by atoms with Crippen molar-refractivity contribution in [2.75, 3.05) is 0 Å². The molecule has 0 unspecified atom stereocenters. The fourth-order valence-corrected chi connectivity index (χ4v) is 5.15. The van der Waals surface area contributed by atoms with Crippen LogP contribution in [-0.2, 0) is 0 Å². The van der Waals surface area contributed by atoms with Gasteiger partial charge in [0.25, 0.3) is 0 Å². The number of hydrogen-bond donors (Lipinski definition) is 0. The monoisotopic (exact) mass is 488 g/mol. The molecular formula is C36H24O2. The third kappa shape index (κ3) is 4.12. The van der Waals surface area contributed by atoms with Gasteiger partial charge >= 0.3 is 0 Å². The zero-order valence-electron chi connectivity index (χ0n) is 20.7. The topological polar surface area (TPSA) is 18.5 Å². The molecule has 0 aliphatic heterocycles. The molecule has 0 aliphatic rings. The third-order valence-electron chi connectivity index (χ3n) is 6.94. The van der Waals surface area contributed by atoms with Gasteiger partial charge in [0.2, 0.25) is 0 Å². The molecule has 0 fully saturated rings. The van der Waals surface area contributed by atoms with Gasteiger partial charge in [-0.1, -0.05) is 115 Å². The zero-order chi connectivity index (χ0) is 25.3. The summed E-state index contributed by atoms with van der Waals surface area (Å²) in [6, 6.07) is 49.8. The van der Waals surface area contributed by atoms with E-state index in [0.29, 0.717) is 0 Å². The molecule has 38 heavy (non-hydrogen) atoms. The number of rotatable bonds is 5. The van der Waals surface area contributed by atoms with Crippen LogP contribution in [0.4, 0.5) is 0 Å². The van der Waals surface area contributed by atoms with Crippen LogP contribution in [0.15, 0.2) is 146 Å². The first kappa shape index (κ1) is 22.1. The van der Waals surface area contributed by atoms with E-state index in [2.05, 4.69) is 91.0 Å². The summed E-state index contributed by atoms with van der Waals surface area (Å²) in [7, 11) is 0. The fraction of sp³-hybridized carbons (Fsp3) is 0. The molecule has 2 heteroatoms. The second-order valence-corrected chi connectivity index (χ2v) is 9.38. The summed E-state index contributed by atoms with van der Waals surface area (Å²) < 4.78 is 13.1. The maximum Gasteiger partial charge on any atom is 0.135 e. The summed E-state index contributed by atoms with van der Waals surface area (Å²) in [5, 5.41) is 6.81. The molecule has 7 aromatic carbocycles. The smallest absolute Gasteiger partial charge is 0.135 e. The molecule has 0 saturated carbocycles. The van der Waals surface area contributed by atoms with Gasteiger partial charge in [0.1, 0.15) is 23.0 Å². The minimum absolute atomic E-state index is 0.724. The van der Waals surface area contributed by atoms with Crippen LogP contribution in [0.1, 0.15) is 0 Å². The molecule has 0 radical (unpaired) electrons. The average Bonchev–Trinajstić information content (AvgIpc) is 2.97. The van der Waals surface area contributed by atoms with E-state index < -0.39 is 0 Å². The third-order valence-corrected chi connectivity index (χ3v) is 6.94. The first-order valence-corrected chi connectivity index (χ1v) is 12.8. The Balaban J connectivity index is 1.38. The highest BCUT2D eigenvalue weighted by atomic mass is 16.5. The van der Waals surface area contributed by atoms with Crippen LogP contribution >= 0.6 is 0 Å². The van der Waals surface area contributed by atoms with E-state index >= 15 is 0 Å². The van der Waals surface area contributed by atoms with Gasteiger partial charge in [0.15, 0.2) is 0 Å². The predicted molar refractivity (Wildman–Crippen MR) is 157 cm³/mol. The second kappa shape index (κ2) is 9.42. The standard InChI is InChI=1S/C36H24O2/c1-4-16-31-25(10-1)13-7-19-32(31)28-22-29(37-35-20-8-14-26-11-2-5-17-33(26)35)24-30(23-28)38-36-21-9-15-27-12-3-6-18-34(27)36/h1-24H. The molecule has 0 amide bonds. The molecule has 180 valence electrons. The van der Waals surface area contributed by atoms with E-state index in [9.17, 15) is 0 Å². The highest BCUT2D eigenvalue weighted by Gasteiger charge is 2.12. The van der Waals surface area contributed by atoms with Gasteiger partial charge < -0.3 is 9.47 Å². The lowest BCUT2D eigenvalue weighted by atomic mass is 9.98. The van der Waals surface area contributed by atoms with Gasteiger partial charge in [-0.25, -0.2) is 0 Å². The van der Waals surface area contributed by atoms with Gasteiger partial charge in [-0.2, -0.15) is 0 Å².